The van der Waals surface area contributed by atoms with Crippen LogP contribution in [0.25, 0.3) is 0 Å². The molecule has 8 nitrogen and oxygen atoms in total. The highest BCUT2D eigenvalue weighted by molar-refractivity contribution is 5.86. The first-order valence-electron chi connectivity index (χ1n) is 6.78. The molecule has 0 aromatic rings. The fourth-order valence-corrected chi connectivity index (χ4v) is 1.09. The SMILES string of the molecule is C=C(C)C(=O)OCC(O)COC(=O)COCCOCCOC. The quantitative estimate of drug-likeness (QED) is 0.280. The van der Waals surface area contributed by atoms with E-state index < -0.39 is 18.0 Å². The van der Waals surface area contributed by atoms with Crippen LogP contribution in [0.2, 0.25) is 0 Å². The van der Waals surface area contributed by atoms with E-state index in [4.69, 9.17) is 23.7 Å². The van der Waals surface area contributed by atoms with E-state index in [2.05, 4.69) is 6.58 Å². The van der Waals surface area contributed by atoms with Gasteiger partial charge in [0.2, 0.25) is 0 Å². The van der Waals surface area contributed by atoms with E-state index in [0.717, 1.165) is 0 Å². The fourth-order valence-electron chi connectivity index (χ4n) is 1.09. The monoisotopic (exact) mass is 320 g/mol. The van der Waals surface area contributed by atoms with Gasteiger partial charge in [0.25, 0.3) is 0 Å². The molecule has 1 atom stereocenters. The van der Waals surface area contributed by atoms with Gasteiger partial charge in [0.1, 0.15) is 25.9 Å². The lowest BCUT2D eigenvalue weighted by atomic mass is 10.3. The molecular weight excluding hydrogens is 296 g/mol. The van der Waals surface area contributed by atoms with Crippen LogP contribution in [-0.2, 0) is 33.3 Å². The second-order valence-corrected chi connectivity index (χ2v) is 4.37. The van der Waals surface area contributed by atoms with Gasteiger partial charge in [0.15, 0.2) is 0 Å². The number of aliphatic hydroxyl groups excluding tert-OH is 1. The van der Waals surface area contributed by atoms with E-state index in [1.807, 2.05) is 0 Å². The lowest BCUT2D eigenvalue weighted by molar-refractivity contribution is -0.155. The van der Waals surface area contributed by atoms with Crippen LogP contribution in [0, 0.1) is 0 Å². The number of rotatable bonds is 13. The molecule has 0 aromatic carbocycles. The highest BCUT2D eigenvalue weighted by Gasteiger charge is 2.12. The molecular formula is C14H24O8. The Morgan fingerprint density at radius 3 is 2.27 bits per heavy atom. The molecule has 0 aliphatic carbocycles. The van der Waals surface area contributed by atoms with E-state index in [-0.39, 0.29) is 32.0 Å². The van der Waals surface area contributed by atoms with Crippen molar-refractivity contribution in [3.63, 3.8) is 0 Å². The summed E-state index contributed by atoms with van der Waals surface area (Å²) in [6, 6.07) is 0. The zero-order chi connectivity index (χ0) is 16.8. The first-order valence-corrected chi connectivity index (χ1v) is 6.78. The first-order chi connectivity index (χ1) is 10.5. The van der Waals surface area contributed by atoms with Crippen molar-refractivity contribution in [2.45, 2.75) is 13.0 Å². The molecule has 0 saturated carbocycles. The maximum atomic E-state index is 11.3. The molecule has 0 heterocycles. The second kappa shape index (κ2) is 13.2. The van der Waals surface area contributed by atoms with Crippen molar-refractivity contribution in [1.82, 2.24) is 0 Å². The molecule has 0 aliphatic heterocycles. The van der Waals surface area contributed by atoms with Crippen molar-refractivity contribution < 1.29 is 38.4 Å². The lowest BCUT2D eigenvalue weighted by Gasteiger charge is -2.12. The molecule has 0 rings (SSSR count). The average Bonchev–Trinajstić information content (AvgIpc) is 2.49. The molecule has 0 amide bonds. The van der Waals surface area contributed by atoms with Crippen molar-refractivity contribution in [3.05, 3.63) is 12.2 Å². The lowest BCUT2D eigenvalue weighted by Crippen LogP contribution is -2.27. The van der Waals surface area contributed by atoms with Crippen LogP contribution in [-0.4, -0.2) is 76.5 Å². The van der Waals surface area contributed by atoms with Gasteiger partial charge >= 0.3 is 11.9 Å². The van der Waals surface area contributed by atoms with Crippen LogP contribution in [0.4, 0.5) is 0 Å². The minimum atomic E-state index is -1.09. The zero-order valence-corrected chi connectivity index (χ0v) is 13.0. The van der Waals surface area contributed by atoms with Crippen molar-refractivity contribution >= 4 is 11.9 Å². The Kier molecular flexibility index (Phi) is 12.3. The Balaban J connectivity index is 3.52. The van der Waals surface area contributed by atoms with Crippen LogP contribution in [0.5, 0.6) is 0 Å². The van der Waals surface area contributed by atoms with Crippen LogP contribution in [0.1, 0.15) is 6.92 Å². The normalized spacial score (nSPS) is 11.8. The molecule has 0 spiro atoms. The fraction of sp³-hybridized carbons (Fsp3) is 0.714. The summed E-state index contributed by atoms with van der Waals surface area (Å²) in [5, 5.41) is 9.46. The van der Waals surface area contributed by atoms with E-state index in [1.54, 1.807) is 7.11 Å². The maximum absolute atomic E-state index is 11.3. The van der Waals surface area contributed by atoms with Gasteiger partial charge in [-0.3, -0.25) is 0 Å². The number of hydrogen-bond acceptors (Lipinski definition) is 8. The van der Waals surface area contributed by atoms with Gasteiger partial charge in [0, 0.05) is 12.7 Å². The summed E-state index contributed by atoms with van der Waals surface area (Å²) in [7, 11) is 1.57. The average molecular weight is 320 g/mol. The molecule has 0 radical (unpaired) electrons. The highest BCUT2D eigenvalue weighted by atomic mass is 16.6. The molecule has 1 unspecified atom stereocenters. The number of carbonyl (C=O) groups is 2. The van der Waals surface area contributed by atoms with E-state index in [0.29, 0.717) is 19.8 Å². The van der Waals surface area contributed by atoms with Crippen molar-refractivity contribution in [1.29, 1.82) is 0 Å². The first kappa shape index (κ1) is 20.5. The summed E-state index contributed by atoms with van der Waals surface area (Å²) >= 11 is 0. The Hall–Kier alpha value is -1.48. The number of hydrogen-bond donors (Lipinski definition) is 1. The molecule has 0 saturated heterocycles. The van der Waals surface area contributed by atoms with Gasteiger partial charge in [-0.05, 0) is 6.92 Å². The molecule has 0 fully saturated rings. The number of ether oxygens (including phenoxy) is 5. The summed E-state index contributed by atoms with van der Waals surface area (Å²) < 4.78 is 24.4. The summed E-state index contributed by atoms with van der Waals surface area (Å²) in [5.41, 5.74) is 0.227. The largest absolute Gasteiger partial charge is 0.461 e. The summed E-state index contributed by atoms with van der Waals surface area (Å²) in [4.78, 5) is 22.4. The predicted octanol–water partition coefficient (Wildman–Crippen LogP) is -0.311. The van der Waals surface area contributed by atoms with Crippen LogP contribution in [0.15, 0.2) is 12.2 Å². The third-order valence-electron chi connectivity index (χ3n) is 2.22. The molecule has 128 valence electrons. The minimum absolute atomic E-state index is 0.227. The minimum Gasteiger partial charge on any atom is -0.461 e. The Bertz CT molecular complexity index is 342. The van der Waals surface area contributed by atoms with Crippen molar-refractivity contribution in [2.24, 2.45) is 0 Å². The molecule has 22 heavy (non-hydrogen) atoms. The van der Waals surface area contributed by atoms with E-state index in [9.17, 15) is 14.7 Å². The highest BCUT2D eigenvalue weighted by Crippen LogP contribution is 1.95. The summed E-state index contributed by atoms with van der Waals surface area (Å²) in [6.45, 7) is 5.64. The summed E-state index contributed by atoms with van der Waals surface area (Å²) in [5.74, 6) is -1.23. The molecule has 8 heteroatoms. The second-order valence-electron chi connectivity index (χ2n) is 4.37. The smallest absolute Gasteiger partial charge is 0.333 e. The van der Waals surface area contributed by atoms with Crippen LogP contribution >= 0.6 is 0 Å². The summed E-state index contributed by atoms with van der Waals surface area (Å²) in [6.07, 6.45) is -1.09. The Labute approximate surface area is 129 Å². The van der Waals surface area contributed by atoms with Gasteiger partial charge in [-0.2, -0.15) is 0 Å². The van der Waals surface area contributed by atoms with Crippen LogP contribution in [0.3, 0.4) is 0 Å². The molecule has 0 bridgehead atoms. The van der Waals surface area contributed by atoms with Gasteiger partial charge in [0.05, 0.1) is 26.4 Å². The van der Waals surface area contributed by atoms with Crippen molar-refractivity contribution in [3.8, 4) is 0 Å². The maximum Gasteiger partial charge on any atom is 0.333 e. The number of methoxy groups -OCH3 is 1. The van der Waals surface area contributed by atoms with Gasteiger partial charge in [-0.1, -0.05) is 6.58 Å². The predicted molar refractivity (Wildman–Crippen MR) is 76.3 cm³/mol. The number of esters is 2. The number of aliphatic hydroxyl groups is 1. The zero-order valence-electron chi connectivity index (χ0n) is 13.0. The Morgan fingerprint density at radius 2 is 1.64 bits per heavy atom. The van der Waals surface area contributed by atoms with E-state index >= 15 is 0 Å². The topological polar surface area (TPSA) is 101 Å². The van der Waals surface area contributed by atoms with Gasteiger partial charge in [-0.25, -0.2) is 9.59 Å². The third kappa shape index (κ3) is 12.3. The molecule has 0 aromatic heterocycles. The Morgan fingerprint density at radius 1 is 1.05 bits per heavy atom. The van der Waals surface area contributed by atoms with Gasteiger partial charge < -0.3 is 28.8 Å². The van der Waals surface area contributed by atoms with Crippen molar-refractivity contribution in [2.75, 3.05) is 53.4 Å². The number of carbonyl (C=O) groups excluding carboxylic acids is 2. The van der Waals surface area contributed by atoms with E-state index in [1.165, 1.54) is 6.92 Å². The molecule has 1 N–H and O–H groups in total. The van der Waals surface area contributed by atoms with Gasteiger partial charge in [-0.15, -0.1) is 0 Å². The molecule has 0 aliphatic rings. The van der Waals surface area contributed by atoms with Crippen LogP contribution < -0.4 is 0 Å². The standard InChI is InChI=1S/C14H24O8/c1-11(2)14(17)22-9-12(15)8-21-13(16)10-20-7-6-19-5-4-18-3/h12,15H,1,4-10H2,2-3H3. The third-order valence-corrected chi connectivity index (χ3v) is 2.22.